The standard InChI is InChI=1S/C18H28N2O/c1-14-5-3-6-18(11-14)21-10-4-9-20(2)17-12-15-7-8-16(13-17)19-15/h3,5-6,11,15-17,19H,4,7-10,12-13H2,1-2H3. The Morgan fingerprint density at radius 1 is 1.24 bits per heavy atom. The molecule has 2 saturated heterocycles. The molecule has 0 aliphatic carbocycles. The summed E-state index contributed by atoms with van der Waals surface area (Å²) in [5.41, 5.74) is 1.26. The molecule has 0 saturated carbocycles. The van der Waals surface area contributed by atoms with Crippen molar-refractivity contribution in [3.8, 4) is 5.75 Å². The molecule has 0 aromatic heterocycles. The molecule has 1 aromatic rings. The summed E-state index contributed by atoms with van der Waals surface area (Å²) >= 11 is 0. The van der Waals surface area contributed by atoms with Crippen molar-refractivity contribution in [1.82, 2.24) is 10.2 Å². The van der Waals surface area contributed by atoms with Gasteiger partial charge in [-0.25, -0.2) is 0 Å². The first-order valence-corrected chi connectivity index (χ1v) is 8.36. The van der Waals surface area contributed by atoms with E-state index in [2.05, 4.69) is 42.4 Å². The summed E-state index contributed by atoms with van der Waals surface area (Å²) < 4.78 is 5.84. The first-order chi connectivity index (χ1) is 10.2. The zero-order valence-corrected chi connectivity index (χ0v) is 13.3. The fraction of sp³-hybridized carbons (Fsp3) is 0.667. The van der Waals surface area contributed by atoms with Gasteiger partial charge in [-0.05, 0) is 63.8 Å². The highest BCUT2D eigenvalue weighted by molar-refractivity contribution is 5.27. The number of hydrogen-bond acceptors (Lipinski definition) is 3. The van der Waals surface area contributed by atoms with Gasteiger partial charge in [0.05, 0.1) is 6.61 Å². The topological polar surface area (TPSA) is 24.5 Å². The minimum atomic E-state index is 0.766. The second kappa shape index (κ2) is 6.80. The molecule has 3 nitrogen and oxygen atoms in total. The molecule has 2 unspecified atom stereocenters. The maximum Gasteiger partial charge on any atom is 0.119 e. The third-order valence-electron chi connectivity index (χ3n) is 4.98. The number of nitrogens with zero attached hydrogens (tertiary/aromatic N) is 1. The average molecular weight is 288 g/mol. The summed E-state index contributed by atoms with van der Waals surface area (Å²) in [6, 6.07) is 10.6. The van der Waals surface area contributed by atoms with E-state index in [1.807, 2.05) is 6.07 Å². The molecule has 21 heavy (non-hydrogen) atoms. The van der Waals surface area contributed by atoms with Gasteiger partial charge in [-0.2, -0.15) is 0 Å². The quantitative estimate of drug-likeness (QED) is 0.815. The van der Waals surface area contributed by atoms with Crippen molar-refractivity contribution in [2.45, 2.75) is 57.2 Å². The van der Waals surface area contributed by atoms with Crippen LogP contribution in [0.5, 0.6) is 5.75 Å². The summed E-state index contributed by atoms with van der Waals surface area (Å²) in [5.74, 6) is 0.998. The predicted octanol–water partition coefficient (Wildman–Crippen LogP) is 2.98. The Kier molecular flexibility index (Phi) is 4.81. The number of ether oxygens (including phenoxy) is 1. The Labute approximate surface area is 128 Å². The maximum absolute atomic E-state index is 5.84. The van der Waals surface area contributed by atoms with Gasteiger partial charge in [0.1, 0.15) is 5.75 Å². The Morgan fingerprint density at radius 2 is 2.00 bits per heavy atom. The van der Waals surface area contributed by atoms with Crippen LogP contribution in [0.4, 0.5) is 0 Å². The Hall–Kier alpha value is -1.06. The van der Waals surface area contributed by atoms with Crippen molar-refractivity contribution >= 4 is 0 Å². The van der Waals surface area contributed by atoms with Gasteiger partial charge in [0, 0.05) is 24.7 Å². The first-order valence-electron chi connectivity index (χ1n) is 8.36. The van der Waals surface area contributed by atoms with Crippen molar-refractivity contribution in [3.05, 3.63) is 29.8 Å². The highest BCUT2D eigenvalue weighted by Gasteiger charge is 2.34. The van der Waals surface area contributed by atoms with E-state index in [0.29, 0.717) is 0 Å². The number of aryl methyl sites for hydroxylation is 1. The summed E-state index contributed by atoms with van der Waals surface area (Å²) in [6.45, 7) is 4.05. The van der Waals surface area contributed by atoms with E-state index in [-0.39, 0.29) is 0 Å². The van der Waals surface area contributed by atoms with Crippen molar-refractivity contribution in [1.29, 1.82) is 0 Å². The number of nitrogens with one attached hydrogen (secondary N) is 1. The molecule has 2 bridgehead atoms. The summed E-state index contributed by atoms with van der Waals surface area (Å²) in [7, 11) is 2.28. The van der Waals surface area contributed by atoms with Crippen molar-refractivity contribution in [2.24, 2.45) is 0 Å². The highest BCUT2D eigenvalue weighted by atomic mass is 16.5. The Bertz CT molecular complexity index is 450. The second-order valence-corrected chi connectivity index (χ2v) is 6.76. The van der Waals surface area contributed by atoms with E-state index >= 15 is 0 Å². The lowest BCUT2D eigenvalue weighted by Crippen LogP contribution is -2.47. The molecular weight excluding hydrogens is 260 g/mol. The SMILES string of the molecule is Cc1cccc(OCCCN(C)C2CC3CCC(C2)N3)c1. The van der Waals surface area contributed by atoms with Crippen LogP contribution in [-0.4, -0.2) is 43.2 Å². The fourth-order valence-electron chi connectivity index (χ4n) is 3.78. The zero-order chi connectivity index (χ0) is 14.7. The summed E-state index contributed by atoms with van der Waals surface area (Å²) in [5, 5.41) is 3.72. The molecule has 3 heteroatoms. The van der Waals surface area contributed by atoms with Crippen LogP contribution in [0.15, 0.2) is 24.3 Å². The zero-order valence-electron chi connectivity index (χ0n) is 13.3. The minimum Gasteiger partial charge on any atom is -0.494 e. The van der Waals surface area contributed by atoms with E-state index in [9.17, 15) is 0 Å². The lowest BCUT2D eigenvalue weighted by molar-refractivity contribution is 0.161. The first kappa shape index (κ1) is 14.9. The van der Waals surface area contributed by atoms with E-state index in [1.165, 1.54) is 31.2 Å². The van der Waals surface area contributed by atoms with Crippen LogP contribution < -0.4 is 10.1 Å². The van der Waals surface area contributed by atoms with Crippen LogP contribution in [0.2, 0.25) is 0 Å². The molecule has 2 fully saturated rings. The van der Waals surface area contributed by atoms with Gasteiger partial charge in [0.2, 0.25) is 0 Å². The number of benzene rings is 1. The largest absolute Gasteiger partial charge is 0.494 e. The maximum atomic E-state index is 5.84. The molecule has 0 amide bonds. The monoisotopic (exact) mass is 288 g/mol. The lowest BCUT2D eigenvalue weighted by atomic mass is 9.98. The summed E-state index contributed by atoms with van der Waals surface area (Å²) in [6.07, 6.45) is 6.51. The molecule has 2 aliphatic heterocycles. The van der Waals surface area contributed by atoms with E-state index in [1.54, 1.807) is 0 Å². The van der Waals surface area contributed by atoms with Gasteiger partial charge in [-0.1, -0.05) is 12.1 Å². The van der Waals surface area contributed by atoms with E-state index < -0.39 is 0 Å². The van der Waals surface area contributed by atoms with Crippen LogP contribution in [0.1, 0.15) is 37.7 Å². The molecule has 2 atom stereocenters. The normalized spacial score (nSPS) is 28.0. The van der Waals surface area contributed by atoms with Crippen LogP contribution in [0, 0.1) is 6.92 Å². The van der Waals surface area contributed by atoms with Gasteiger partial charge in [0.15, 0.2) is 0 Å². The van der Waals surface area contributed by atoms with Crippen molar-refractivity contribution in [3.63, 3.8) is 0 Å². The Balaban J connectivity index is 1.37. The van der Waals surface area contributed by atoms with Gasteiger partial charge < -0.3 is 15.0 Å². The second-order valence-electron chi connectivity index (χ2n) is 6.76. The molecule has 3 rings (SSSR count). The van der Waals surface area contributed by atoms with Crippen molar-refractivity contribution < 1.29 is 4.74 Å². The molecule has 1 aromatic carbocycles. The number of piperidine rings is 1. The van der Waals surface area contributed by atoms with E-state index in [4.69, 9.17) is 4.74 Å². The predicted molar refractivity (Wildman–Crippen MR) is 86.9 cm³/mol. The molecular formula is C18H28N2O. The molecule has 0 radical (unpaired) electrons. The number of rotatable bonds is 6. The summed E-state index contributed by atoms with van der Waals surface area (Å²) in [4.78, 5) is 2.55. The third-order valence-corrected chi connectivity index (χ3v) is 4.98. The lowest BCUT2D eigenvalue weighted by Gasteiger charge is -2.35. The Morgan fingerprint density at radius 3 is 2.71 bits per heavy atom. The van der Waals surface area contributed by atoms with Crippen LogP contribution in [0.25, 0.3) is 0 Å². The molecule has 2 heterocycles. The average Bonchev–Trinajstić information content (AvgIpc) is 2.82. The number of fused-ring (bicyclic) bond motifs is 2. The molecule has 2 aliphatic rings. The van der Waals surface area contributed by atoms with Gasteiger partial charge in [0.25, 0.3) is 0 Å². The van der Waals surface area contributed by atoms with Crippen molar-refractivity contribution in [2.75, 3.05) is 20.2 Å². The van der Waals surface area contributed by atoms with E-state index in [0.717, 1.165) is 43.4 Å². The van der Waals surface area contributed by atoms with Crippen LogP contribution >= 0.6 is 0 Å². The van der Waals surface area contributed by atoms with Gasteiger partial charge in [-0.3, -0.25) is 0 Å². The van der Waals surface area contributed by atoms with Crippen LogP contribution in [0.3, 0.4) is 0 Å². The van der Waals surface area contributed by atoms with Crippen LogP contribution in [-0.2, 0) is 0 Å². The highest BCUT2D eigenvalue weighted by Crippen LogP contribution is 2.29. The van der Waals surface area contributed by atoms with Gasteiger partial charge in [-0.15, -0.1) is 0 Å². The third kappa shape index (κ3) is 3.98. The molecule has 116 valence electrons. The smallest absolute Gasteiger partial charge is 0.119 e. The minimum absolute atomic E-state index is 0.766. The molecule has 1 N–H and O–H groups in total. The molecule has 0 spiro atoms. The fourth-order valence-corrected chi connectivity index (χ4v) is 3.78. The number of hydrogen-bond donors (Lipinski definition) is 1. The van der Waals surface area contributed by atoms with Gasteiger partial charge >= 0.3 is 0 Å².